The molecule has 1 spiro atoms. The maximum atomic E-state index is 14.1. The number of para-hydroxylation sites is 1. The molecule has 1 N–H and O–H groups in total. The first-order valence-electron chi connectivity index (χ1n) is 11.6. The number of amides is 3. The zero-order valence-corrected chi connectivity index (χ0v) is 20.3. The number of carbonyl (C=O) groups excluding carboxylic acids is 3. The fourth-order valence-electron chi connectivity index (χ4n) is 5.85. The van der Waals surface area contributed by atoms with Gasteiger partial charge in [-0.2, -0.15) is 11.8 Å². The van der Waals surface area contributed by atoms with Gasteiger partial charge < -0.3 is 4.90 Å². The summed E-state index contributed by atoms with van der Waals surface area (Å²) in [5, 5.41) is 3.56. The van der Waals surface area contributed by atoms with Crippen LogP contribution in [0.4, 0.5) is 5.69 Å². The van der Waals surface area contributed by atoms with E-state index in [0.29, 0.717) is 13.0 Å². The summed E-state index contributed by atoms with van der Waals surface area (Å²) in [6.07, 6.45) is 2.73. The molecule has 0 aromatic heterocycles. The first-order chi connectivity index (χ1) is 16.4. The number of carbonyl (C=O) groups is 3. The van der Waals surface area contributed by atoms with E-state index in [9.17, 15) is 14.4 Å². The second-order valence-corrected chi connectivity index (χ2v) is 10.4. The first kappa shape index (κ1) is 22.9. The maximum Gasteiger partial charge on any atom is 0.253 e. The highest BCUT2D eigenvalue weighted by atomic mass is 32.2. The van der Waals surface area contributed by atoms with Gasteiger partial charge in [0.05, 0.1) is 18.4 Å². The van der Waals surface area contributed by atoms with Gasteiger partial charge in [-0.25, -0.2) is 0 Å². The summed E-state index contributed by atoms with van der Waals surface area (Å²) in [6.45, 7) is 6.49. The van der Waals surface area contributed by atoms with Gasteiger partial charge in [0.1, 0.15) is 5.54 Å². The van der Waals surface area contributed by atoms with Gasteiger partial charge in [0.25, 0.3) is 5.91 Å². The molecular weight excluding hydrogens is 446 g/mol. The van der Waals surface area contributed by atoms with E-state index >= 15 is 0 Å². The Hall–Kier alpha value is -2.90. The molecule has 0 saturated carbocycles. The number of fused-ring (bicyclic) bond motifs is 4. The number of hydrogen-bond acceptors (Lipinski definition) is 5. The number of hydrogen-bond donors (Lipinski definition) is 1. The van der Waals surface area contributed by atoms with E-state index in [0.717, 1.165) is 28.1 Å². The Morgan fingerprint density at radius 2 is 1.74 bits per heavy atom. The van der Waals surface area contributed by atoms with E-state index in [1.54, 1.807) is 16.7 Å². The van der Waals surface area contributed by atoms with Gasteiger partial charge in [0.15, 0.2) is 0 Å². The van der Waals surface area contributed by atoms with Crippen molar-refractivity contribution in [1.82, 2.24) is 10.2 Å². The topological polar surface area (TPSA) is 69.7 Å². The third-order valence-corrected chi connectivity index (χ3v) is 7.85. The molecule has 0 bridgehead atoms. The van der Waals surface area contributed by atoms with E-state index in [2.05, 4.69) is 11.9 Å². The van der Waals surface area contributed by atoms with Crippen molar-refractivity contribution in [3.8, 4) is 0 Å². The third kappa shape index (κ3) is 3.33. The predicted molar refractivity (Wildman–Crippen MR) is 134 cm³/mol. The summed E-state index contributed by atoms with van der Waals surface area (Å²) in [6, 6.07) is 16.9. The molecule has 2 saturated heterocycles. The van der Waals surface area contributed by atoms with Gasteiger partial charge in [-0.05, 0) is 37.0 Å². The Bertz CT molecular complexity index is 1170. The largest absolute Gasteiger partial charge is 0.306 e. The van der Waals surface area contributed by atoms with Gasteiger partial charge in [0.2, 0.25) is 11.8 Å². The molecule has 0 unspecified atom stereocenters. The van der Waals surface area contributed by atoms with E-state index < -0.39 is 17.4 Å². The molecule has 2 aromatic carbocycles. The fourth-order valence-corrected chi connectivity index (χ4v) is 6.34. The van der Waals surface area contributed by atoms with Crippen molar-refractivity contribution in [3.05, 3.63) is 77.9 Å². The Morgan fingerprint density at radius 3 is 2.44 bits per heavy atom. The van der Waals surface area contributed by atoms with Crippen LogP contribution in [0.5, 0.6) is 0 Å². The average Bonchev–Trinajstić information content (AvgIpc) is 3.39. The van der Waals surface area contributed by atoms with Crippen molar-refractivity contribution in [2.24, 2.45) is 11.8 Å². The lowest BCUT2D eigenvalue weighted by Crippen LogP contribution is -2.55. The lowest BCUT2D eigenvalue weighted by Gasteiger charge is -2.30. The number of thioether (sulfide) groups is 1. The van der Waals surface area contributed by atoms with E-state index in [1.807, 2.05) is 67.8 Å². The predicted octanol–water partition coefficient (Wildman–Crippen LogP) is 3.33. The zero-order chi connectivity index (χ0) is 24.0. The van der Waals surface area contributed by atoms with Gasteiger partial charge in [-0.15, -0.1) is 0 Å². The number of nitrogens with zero attached hydrogens (tertiary/aromatic N) is 2. The van der Waals surface area contributed by atoms with Crippen LogP contribution in [0, 0.1) is 11.8 Å². The maximum absolute atomic E-state index is 14.1. The molecule has 6 nitrogen and oxygen atoms in total. The normalized spacial score (nSPS) is 27.6. The number of nitrogens with one attached hydrogen (secondary N) is 1. The van der Waals surface area contributed by atoms with E-state index in [4.69, 9.17) is 0 Å². The van der Waals surface area contributed by atoms with Crippen LogP contribution in [-0.4, -0.2) is 47.2 Å². The summed E-state index contributed by atoms with van der Waals surface area (Å²) in [4.78, 5) is 44.9. The van der Waals surface area contributed by atoms with E-state index in [-0.39, 0.29) is 30.3 Å². The van der Waals surface area contributed by atoms with Crippen molar-refractivity contribution in [2.45, 2.75) is 31.5 Å². The SMILES string of the molecule is C=C(C)CN1C(=O)[C@]2(N[C@H](CCSC)[C@H]3C(=O)N(Cc4ccccc4)C(=O)[C@H]32)c2ccccc21. The second kappa shape index (κ2) is 8.71. The van der Waals surface area contributed by atoms with Crippen molar-refractivity contribution in [2.75, 3.05) is 23.5 Å². The van der Waals surface area contributed by atoms with Crippen LogP contribution in [0.3, 0.4) is 0 Å². The fraction of sp³-hybridized carbons (Fsp3) is 0.370. The smallest absolute Gasteiger partial charge is 0.253 e. The van der Waals surface area contributed by atoms with Gasteiger partial charge >= 0.3 is 0 Å². The summed E-state index contributed by atoms with van der Waals surface area (Å²) in [5.41, 5.74) is 2.08. The highest BCUT2D eigenvalue weighted by Gasteiger charge is 2.71. The number of anilines is 1. The van der Waals surface area contributed by atoms with Crippen LogP contribution in [-0.2, 0) is 26.5 Å². The molecule has 176 valence electrons. The molecule has 3 heterocycles. The number of imide groups is 1. The van der Waals surface area contributed by atoms with Crippen molar-refractivity contribution < 1.29 is 14.4 Å². The molecule has 3 aliphatic rings. The van der Waals surface area contributed by atoms with Gasteiger partial charge in [-0.1, -0.05) is 60.7 Å². The number of likely N-dealkylation sites (tertiary alicyclic amines) is 1. The quantitative estimate of drug-likeness (QED) is 0.491. The minimum absolute atomic E-state index is 0.166. The van der Waals surface area contributed by atoms with Crippen molar-refractivity contribution in [1.29, 1.82) is 0 Å². The monoisotopic (exact) mass is 475 g/mol. The molecule has 5 rings (SSSR count). The van der Waals surface area contributed by atoms with Crippen LogP contribution in [0.25, 0.3) is 0 Å². The van der Waals surface area contributed by atoms with Crippen molar-refractivity contribution >= 4 is 35.2 Å². The van der Waals surface area contributed by atoms with Crippen molar-refractivity contribution in [3.63, 3.8) is 0 Å². The zero-order valence-electron chi connectivity index (χ0n) is 19.5. The Labute approximate surface area is 204 Å². The Morgan fingerprint density at radius 1 is 1.03 bits per heavy atom. The summed E-state index contributed by atoms with van der Waals surface area (Å²) in [7, 11) is 0. The molecule has 0 radical (unpaired) electrons. The molecular formula is C27H29N3O3S. The highest BCUT2D eigenvalue weighted by Crippen LogP contribution is 2.55. The summed E-state index contributed by atoms with van der Waals surface area (Å²) in [5.74, 6) is -1.11. The molecule has 7 heteroatoms. The van der Waals surface area contributed by atoms with Crippen LogP contribution >= 0.6 is 11.8 Å². The Kier molecular flexibility index (Phi) is 5.86. The van der Waals surface area contributed by atoms with Gasteiger partial charge in [-0.3, -0.25) is 24.6 Å². The highest BCUT2D eigenvalue weighted by molar-refractivity contribution is 7.98. The molecule has 4 atom stereocenters. The summed E-state index contributed by atoms with van der Waals surface area (Å²) >= 11 is 1.70. The minimum atomic E-state index is -1.24. The van der Waals surface area contributed by atoms with Crippen LogP contribution < -0.4 is 10.2 Å². The molecule has 3 aliphatic heterocycles. The average molecular weight is 476 g/mol. The van der Waals surface area contributed by atoms with E-state index in [1.165, 1.54) is 4.90 Å². The molecule has 2 aromatic rings. The lowest BCUT2D eigenvalue weighted by atomic mass is 9.76. The molecule has 3 amide bonds. The third-order valence-electron chi connectivity index (χ3n) is 7.20. The van der Waals surface area contributed by atoms with Crippen LogP contribution in [0.2, 0.25) is 0 Å². The van der Waals surface area contributed by atoms with Gasteiger partial charge in [0, 0.05) is 23.8 Å². The molecule has 34 heavy (non-hydrogen) atoms. The number of benzene rings is 2. The minimum Gasteiger partial charge on any atom is -0.306 e. The molecule has 0 aliphatic carbocycles. The first-order valence-corrected chi connectivity index (χ1v) is 13.0. The van der Waals surface area contributed by atoms with Crippen LogP contribution in [0.15, 0.2) is 66.7 Å². The number of rotatable bonds is 7. The van der Waals surface area contributed by atoms with Crippen LogP contribution in [0.1, 0.15) is 24.5 Å². The lowest BCUT2D eigenvalue weighted by molar-refractivity contribution is -0.143. The standard InChI is InChI=1S/C27H29N3O3S/c1-17(2)15-29-21-12-8-7-11-19(21)27(26(29)33)23-22(20(28-27)13-14-34-3)24(31)30(25(23)32)16-18-9-5-4-6-10-18/h4-12,20,22-23,28H,1,13-16H2,2-3H3/t20-,22-,23+,27+/m1/s1. The Balaban J connectivity index is 1.61. The molecule has 2 fully saturated rings. The second-order valence-electron chi connectivity index (χ2n) is 9.46. The summed E-state index contributed by atoms with van der Waals surface area (Å²) < 4.78 is 0.